The van der Waals surface area contributed by atoms with E-state index in [0.717, 1.165) is 0 Å². The fourth-order valence-corrected chi connectivity index (χ4v) is 2.02. The molecule has 2 aromatic rings. The molecule has 100 valence electrons. The highest BCUT2D eigenvalue weighted by atomic mass is 19.1. The van der Waals surface area contributed by atoms with E-state index in [-0.39, 0.29) is 17.7 Å². The van der Waals surface area contributed by atoms with Gasteiger partial charge in [0.2, 0.25) is 0 Å². The molecular weight excluding hydrogens is 248 g/mol. The van der Waals surface area contributed by atoms with Gasteiger partial charge in [-0.3, -0.25) is 0 Å². The first-order valence-electron chi connectivity index (χ1n) is 5.96. The zero-order chi connectivity index (χ0) is 13.8. The van der Waals surface area contributed by atoms with Crippen LogP contribution in [0.5, 0.6) is 5.75 Å². The van der Waals surface area contributed by atoms with Crippen molar-refractivity contribution in [3.05, 3.63) is 59.7 Å². The van der Waals surface area contributed by atoms with Gasteiger partial charge in [0.25, 0.3) is 0 Å². The molecule has 0 aliphatic carbocycles. The van der Waals surface area contributed by atoms with E-state index in [0.29, 0.717) is 17.0 Å². The lowest BCUT2D eigenvalue weighted by molar-refractivity contribution is 0.402. The predicted molar refractivity (Wildman–Crippen MR) is 71.4 cm³/mol. The number of hydrogen-bond acceptors (Lipinski definition) is 2. The Labute approximate surface area is 111 Å². The Bertz CT molecular complexity index is 572. The molecule has 0 aliphatic rings. The third-order valence-corrected chi connectivity index (χ3v) is 2.87. The van der Waals surface area contributed by atoms with Crippen molar-refractivity contribution >= 4 is 5.69 Å². The molecule has 0 heterocycles. The van der Waals surface area contributed by atoms with Crippen LogP contribution in [-0.4, -0.2) is 7.11 Å². The summed E-state index contributed by atoms with van der Waals surface area (Å²) in [6.07, 6.45) is 0. The van der Waals surface area contributed by atoms with E-state index in [2.05, 4.69) is 5.32 Å². The molecule has 0 amide bonds. The van der Waals surface area contributed by atoms with Gasteiger partial charge < -0.3 is 10.1 Å². The molecule has 0 saturated heterocycles. The molecule has 0 fully saturated rings. The summed E-state index contributed by atoms with van der Waals surface area (Å²) >= 11 is 0. The Kier molecular flexibility index (Phi) is 4.00. The summed E-state index contributed by atoms with van der Waals surface area (Å²) in [6, 6.07) is 10.4. The second-order valence-electron chi connectivity index (χ2n) is 4.23. The Morgan fingerprint density at radius 3 is 2.53 bits per heavy atom. The van der Waals surface area contributed by atoms with E-state index in [4.69, 9.17) is 4.74 Å². The summed E-state index contributed by atoms with van der Waals surface area (Å²) < 4.78 is 32.1. The summed E-state index contributed by atoms with van der Waals surface area (Å²) in [7, 11) is 1.49. The molecule has 0 saturated carbocycles. The van der Waals surface area contributed by atoms with Crippen molar-refractivity contribution in [3.63, 3.8) is 0 Å². The van der Waals surface area contributed by atoms with E-state index in [1.807, 2.05) is 0 Å². The fourth-order valence-electron chi connectivity index (χ4n) is 2.02. The number of rotatable bonds is 4. The summed E-state index contributed by atoms with van der Waals surface area (Å²) in [5.41, 5.74) is 1.02. The average Bonchev–Trinajstić information content (AvgIpc) is 2.38. The molecule has 0 aliphatic heterocycles. The lowest BCUT2D eigenvalue weighted by Crippen LogP contribution is -2.10. The first-order chi connectivity index (χ1) is 9.11. The number of ether oxygens (including phenoxy) is 1. The molecular formula is C15H15F2NO. The first-order valence-corrected chi connectivity index (χ1v) is 5.96. The van der Waals surface area contributed by atoms with Crippen molar-refractivity contribution < 1.29 is 13.5 Å². The van der Waals surface area contributed by atoms with Gasteiger partial charge in [-0.25, -0.2) is 8.78 Å². The van der Waals surface area contributed by atoms with Crippen LogP contribution >= 0.6 is 0 Å². The number of halogens is 2. The summed E-state index contributed by atoms with van der Waals surface area (Å²) in [5, 5.41) is 3.05. The topological polar surface area (TPSA) is 21.3 Å². The molecule has 0 aromatic heterocycles. The Morgan fingerprint density at radius 1 is 1.11 bits per heavy atom. The molecule has 2 aromatic carbocycles. The van der Waals surface area contributed by atoms with E-state index in [9.17, 15) is 8.78 Å². The minimum Gasteiger partial charge on any atom is -0.496 e. The van der Waals surface area contributed by atoms with Gasteiger partial charge >= 0.3 is 0 Å². The average molecular weight is 263 g/mol. The van der Waals surface area contributed by atoms with Crippen molar-refractivity contribution in [2.75, 3.05) is 12.4 Å². The normalized spacial score (nSPS) is 12.0. The number of anilines is 1. The number of nitrogens with one attached hydrogen (secondary N) is 1. The number of methoxy groups -OCH3 is 1. The molecule has 0 spiro atoms. The van der Waals surface area contributed by atoms with Crippen molar-refractivity contribution in [2.24, 2.45) is 0 Å². The zero-order valence-electron chi connectivity index (χ0n) is 10.8. The minimum atomic E-state index is -0.351. The van der Waals surface area contributed by atoms with Gasteiger partial charge in [-0.2, -0.15) is 0 Å². The minimum absolute atomic E-state index is 0.335. The maximum atomic E-state index is 13.9. The van der Waals surface area contributed by atoms with Gasteiger partial charge in [0.05, 0.1) is 18.7 Å². The predicted octanol–water partition coefficient (Wildman–Crippen LogP) is 4.15. The second kappa shape index (κ2) is 5.69. The smallest absolute Gasteiger partial charge is 0.132 e. The van der Waals surface area contributed by atoms with Crippen LogP contribution in [0.1, 0.15) is 18.5 Å². The molecule has 2 nitrogen and oxygen atoms in total. The Balaban J connectivity index is 2.27. The second-order valence-corrected chi connectivity index (χ2v) is 4.23. The van der Waals surface area contributed by atoms with Gasteiger partial charge in [0, 0.05) is 5.69 Å². The third-order valence-electron chi connectivity index (χ3n) is 2.87. The molecule has 19 heavy (non-hydrogen) atoms. The fraction of sp³-hybridized carbons (Fsp3) is 0.200. The van der Waals surface area contributed by atoms with E-state index < -0.39 is 0 Å². The van der Waals surface area contributed by atoms with Crippen molar-refractivity contribution in [3.8, 4) is 5.75 Å². The summed E-state index contributed by atoms with van der Waals surface area (Å²) in [6.45, 7) is 1.80. The highest BCUT2D eigenvalue weighted by Crippen LogP contribution is 2.30. The molecule has 1 atom stereocenters. The monoisotopic (exact) mass is 263 g/mol. The third kappa shape index (κ3) is 3.02. The number of hydrogen-bond donors (Lipinski definition) is 1. The van der Waals surface area contributed by atoms with Crippen LogP contribution in [0.2, 0.25) is 0 Å². The standard InChI is InChI=1S/C15H15F2NO/c1-10(18-12-6-3-5-11(16)9-12)15-13(17)7-4-8-14(15)19-2/h3-10,18H,1-2H3. The first kappa shape index (κ1) is 13.3. The highest BCUT2D eigenvalue weighted by Gasteiger charge is 2.16. The van der Waals surface area contributed by atoms with Crippen LogP contribution in [0, 0.1) is 11.6 Å². The maximum Gasteiger partial charge on any atom is 0.132 e. The van der Waals surface area contributed by atoms with E-state index >= 15 is 0 Å². The lowest BCUT2D eigenvalue weighted by Gasteiger charge is -2.19. The van der Waals surface area contributed by atoms with Gasteiger partial charge in [-0.1, -0.05) is 12.1 Å². The van der Waals surface area contributed by atoms with E-state index in [1.165, 1.54) is 25.3 Å². The largest absolute Gasteiger partial charge is 0.496 e. The van der Waals surface area contributed by atoms with Crippen LogP contribution in [-0.2, 0) is 0 Å². The van der Waals surface area contributed by atoms with Crippen LogP contribution in [0.15, 0.2) is 42.5 Å². The highest BCUT2D eigenvalue weighted by molar-refractivity contribution is 5.48. The van der Waals surface area contributed by atoms with Crippen LogP contribution < -0.4 is 10.1 Å². The zero-order valence-corrected chi connectivity index (χ0v) is 10.8. The molecule has 0 bridgehead atoms. The van der Waals surface area contributed by atoms with Crippen LogP contribution in [0.4, 0.5) is 14.5 Å². The SMILES string of the molecule is COc1cccc(F)c1C(C)Nc1cccc(F)c1. The molecule has 1 unspecified atom stereocenters. The summed E-state index contributed by atoms with van der Waals surface area (Å²) in [4.78, 5) is 0. The van der Waals surface area contributed by atoms with Crippen molar-refractivity contribution in [1.82, 2.24) is 0 Å². The lowest BCUT2D eigenvalue weighted by atomic mass is 10.1. The van der Waals surface area contributed by atoms with Crippen LogP contribution in [0.3, 0.4) is 0 Å². The summed E-state index contributed by atoms with van der Waals surface area (Å²) in [5.74, 6) is -0.218. The van der Waals surface area contributed by atoms with E-state index in [1.54, 1.807) is 31.2 Å². The van der Waals surface area contributed by atoms with Gasteiger partial charge in [-0.15, -0.1) is 0 Å². The molecule has 1 N–H and O–H groups in total. The van der Waals surface area contributed by atoms with Crippen molar-refractivity contribution in [2.45, 2.75) is 13.0 Å². The molecule has 4 heteroatoms. The van der Waals surface area contributed by atoms with Gasteiger partial charge in [0.15, 0.2) is 0 Å². The quantitative estimate of drug-likeness (QED) is 0.894. The van der Waals surface area contributed by atoms with Gasteiger partial charge in [-0.05, 0) is 37.3 Å². The van der Waals surface area contributed by atoms with Crippen molar-refractivity contribution in [1.29, 1.82) is 0 Å². The maximum absolute atomic E-state index is 13.9. The number of benzene rings is 2. The molecule has 2 rings (SSSR count). The Hall–Kier alpha value is -2.10. The van der Waals surface area contributed by atoms with Crippen LogP contribution in [0.25, 0.3) is 0 Å². The Morgan fingerprint density at radius 2 is 1.84 bits per heavy atom. The molecule has 0 radical (unpaired) electrons. The van der Waals surface area contributed by atoms with Gasteiger partial charge in [0.1, 0.15) is 17.4 Å².